The highest BCUT2D eigenvalue weighted by Gasteiger charge is 2.38. The van der Waals surface area contributed by atoms with Crippen LogP contribution in [0, 0.1) is 0 Å². The third-order valence-corrected chi connectivity index (χ3v) is 7.02. The first-order chi connectivity index (χ1) is 5.70. The van der Waals surface area contributed by atoms with Gasteiger partial charge in [0.25, 0.3) is 0 Å². The van der Waals surface area contributed by atoms with Crippen molar-refractivity contribution < 1.29 is 4.43 Å². The van der Waals surface area contributed by atoms with E-state index in [9.17, 15) is 0 Å². The maximum Gasteiger partial charge on any atom is 0.250 e. The lowest BCUT2D eigenvalue weighted by atomic mass is 10.2. The second-order valence-corrected chi connectivity index (χ2v) is 9.60. The van der Waals surface area contributed by atoms with Gasteiger partial charge >= 0.3 is 0 Å². The Kier molecular flexibility index (Phi) is 3.98. The molecule has 0 saturated heterocycles. The molecule has 2 heteroatoms. The Morgan fingerprint density at radius 2 is 1.77 bits per heavy atom. The van der Waals surface area contributed by atoms with E-state index in [0.717, 1.165) is 5.76 Å². The molecule has 0 radical (unpaired) electrons. The fourth-order valence-corrected chi connectivity index (χ4v) is 1.93. The van der Waals surface area contributed by atoms with Gasteiger partial charge < -0.3 is 4.43 Å². The summed E-state index contributed by atoms with van der Waals surface area (Å²) in [6.07, 6.45) is 3.68. The van der Waals surface area contributed by atoms with Crippen LogP contribution in [0.3, 0.4) is 0 Å². The topological polar surface area (TPSA) is 9.23 Å². The summed E-state index contributed by atoms with van der Waals surface area (Å²) in [6.45, 7) is 16.8. The van der Waals surface area contributed by atoms with Gasteiger partial charge in [-0.05, 0) is 31.1 Å². The summed E-state index contributed by atoms with van der Waals surface area (Å²) in [6, 6.07) is 0. The van der Waals surface area contributed by atoms with Gasteiger partial charge in [-0.3, -0.25) is 0 Å². The number of rotatable bonds is 3. The number of hydrogen-bond donors (Lipinski definition) is 0. The highest BCUT2D eigenvalue weighted by molar-refractivity contribution is 6.74. The molecule has 0 unspecified atom stereocenters. The van der Waals surface area contributed by atoms with Gasteiger partial charge in [-0.1, -0.05) is 33.4 Å². The van der Waals surface area contributed by atoms with Gasteiger partial charge in [0.1, 0.15) is 0 Å². The molecule has 0 aliphatic heterocycles. The maximum absolute atomic E-state index is 5.97. The van der Waals surface area contributed by atoms with Crippen LogP contribution in [-0.2, 0) is 4.43 Å². The van der Waals surface area contributed by atoms with Gasteiger partial charge in [-0.25, -0.2) is 0 Å². The Hall–Kier alpha value is -0.503. The molecule has 1 nitrogen and oxygen atoms in total. The van der Waals surface area contributed by atoms with Crippen LogP contribution < -0.4 is 0 Å². The van der Waals surface area contributed by atoms with E-state index in [1.165, 1.54) is 0 Å². The van der Waals surface area contributed by atoms with E-state index in [2.05, 4.69) is 40.4 Å². The summed E-state index contributed by atoms with van der Waals surface area (Å²) < 4.78 is 5.97. The average Bonchev–Trinajstić information content (AvgIpc) is 1.83. The van der Waals surface area contributed by atoms with E-state index in [0.29, 0.717) is 0 Å². The van der Waals surface area contributed by atoms with Crippen LogP contribution in [0.5, 0.6) is 0 Å². The molecular formula is C11H22OSi. The van der Waals surface area contributed by atoms with Gasteiger partial charge in [0.2, 0.25) is 8.32 Å². The first kappa shape index (κ1) is 12.5. The normalized spacial score (nSPS) is 14.2. The summed E-state index contributed by atoms with van der Waals surface area (Å²) in [7, 11) is -1.62. The molecule has 0 spiro atoms. The minimum Gasteiger partial charge on any atom is -0.547 e. The van der Waals surface area contributed by atoms with Crippen LogP contribution in [0.4, 0.5) is 0 Å². The van der Waals surface area contributed by atoms with Crippen LogP contribution in [0.25, 0.3) is 0 Å². The molecular weight excluding hydrogens is 176 g/mol. The summed E-state index contributed by atoms with van der Waals surface area (Å²) in [5.41, 5.74) is 0. The highest BCUT2D eigenvalue weighted by atomic mass is 28.4. The zero-order chi connectivity index (χ0) is 10.7. The zero-order valence-corrected chi connectivity index (χ0v) is 10.8. The molecule has 13 heavy (non-hydrogen) atoms. The molecule has 0 saturated carbocycles. The molecule has 0 amide bonds. The molecule has 0 rings (SSSR count). The fourth-order valence-electron chi connectivity index (χ4n) is 0.756. The van der Waals surface area contributed by atoms with E-state index in [1.807, 2.05) is 13.0 Å². The number of hydrogen-bond acceptors (Lipinski definition) is 1. The predicted octanol–water partition coefficient (Wildman–Crippen LogP) is 4.10. The molecule has 0 aromatic heterocycles. The Morgan fingerprint density at radius 3 is 2.08 bits per heavy atom. The first-order valence-electron chi connectivity index (χ1n) is 4.69. The van der Waals surface area contributed by atoms with E-state index < -0.39 is 8.32 Å². The molecule has 0 heterocycles. The molecule has 0 fully saturated rings. The monoisotopic (exact) mass is 198 g/mol. The van der Waals surface area contributed by atoms with Gasteiger partial charge in [0.05, 0.1) is 5.76 Å². The molecule has 0 N–H and O–H groups in total. The lowest BCUT2D eigenvalue weighted by Gasteiger charge is -2.36. The Morgan fingerprint density at radius 1 is 1.31 bits per heavy atom. The van der Waals surface area contributed by atoms with Crippen molar-refractivity contribution in [3.05, 3.63) is 24.5 Å². The molecule has 0 atom stereocenters. The van der Waals surface area contributed by atoms with Crippen molar-refractivity contribution >= 4 is 8.32 Å². The minimum absolute atomic E-state index is 0.267. The average molecular weight is 198 g/mol. The van der Waals surface area contributed by atoms with Gasteiger partial charge in [-0.15, -0.1) is 0 Å². The predicted molar refractivity (Wildman–Crippen MR) is 62.2 cm³/mol. The number of allylic oxidation sites excluding steroid dienone is 3. The lowest BCUT2D eigenvalue weighted by molar-refractivity contribution is 0.386. The van der Waals surface area contributed by atoms with E-state index >= 15 is 0 Å². The van der Waals surface area contributed by atoms with E-state index in [4.69, 9.17) is 4.43 Å². The van der Waals surface area contributed by atoms with Gasteiger partial charge in [0.15, 0.2) is 0 Å². The van der Waals surface area contributed by atoms with Crippen LogP contribution in [-0.4, -0.2) is 8.32 Å². The van der Waals surface area contributed by atoms with Gasteiger partial charge in [0, 0.05) is 0 Å². The quantitative estimate of drug-likeness (QED) is 0.377. The minimum atomic E-state index is -1.62. The smallest absolute Gasteiger partial charge is 0.250 e. The Bertz CT molecular complexity index is 209. The van der Waals surface area contributed by atoms with Crippen molar-refractivity contribution in [3.63, 3.8) is 0 Å². The van der Waals surface area contributed by atoms with Crippen LogP contribution in [0.1, 0.15) is 27.7 Å². The second-order valence-electron chi connectivity index (χ2n) is 4.88. The van der Waals surface area contributed by atoms with Crippen molar-refractivity contribution in [1.29, 1.82) is 0 Å². The molecule has 0 aliphatic rings. The van der Waals surface area contributed by atoms with Crippen LogP contribution in [0.2, 0.25) is 18.1 Å². The van der Waals surface area contributed by atoms with Gasteiger partial charge in [-0.2, -0.15) is 0 Å². The first-order valence-corrected chi connectivity index (χ1v) is 7.60. The third kappa shape index (κ3) is 3.81. The van der Waals surface area contributed by atoms with E-state index in [-0.39, 0.29) is 5.04 Å². The molecule has 76 valence electrons. The van der Waals surface area contributed by atoms with Crippen molar-refractivity contribution in [2.24, 2.45) is 0 Å². The summed E-state index contributed by atoms with van der Waals surface area (Å²) in [5.74, 6) is 0.974. The summed E-state index contributed by atoms with van der Waals surface area (Å²) in [5, 5.41) is 0.267. The van der Waals surface area contributed by atoms with Crippen LogP contribution >= 0.6 is 0 Å². The van der Waals surface area contributed by atoms with Crippen LogP contribution in [0.15, 0.2) is 24.5 Å². The Balaban J connectivity index is 4.51. The standard InChI is InChI=1S/C11H22OSi/c1-8-9-10(2)12-13(6,7)11(3,4)5/h8-9H,1H2,2-7H3/b10-9-. The SMILES string of the molecule is C=C/C=C(/C)O[Si](C)(C)C(C)(C)C. The van der Waals surface area contributed by atoms with Crippen molar-refractivity contribution in [2.45, 2.75) is 45.8 Å². The third-order valence-electron chi connectivity index (χ3n) is 2.57. The maximum atomic E-state index is 5.97. The molecule has 0 bridgehead atoms. The summed E-state index contributed by atoms with van der Waals surface area (Å²) >= 11 is 0. The molecule has 0 aliphatic carbocycles. The second kappa shape index (κ2) is 4.14. The zero-order valence-electron chi connectivity index (χ0n) is 9.77. The summed E-state index contributed by atoms with van der Waals surface area (Å²) in [4.78, 5) is 0. The fraction of sp³-hybridized carbons (Fsp3) is 0.636. The highest BCUT2D eigenvalue weighted by Crippen LogP contribution is 2.37. The van der Waals surface area contributed by atoms with Crippen molar-refractivity contribution in [3.8, 4) is 0 Å². The lowest BCUT2D eigenvalue weighted by Crippen LogP contribution is -2.40. The largest absolute Gasteiger partial charge is 0.547 e. The van der Waals surface area contributed by atoms with Crippen molar-refractivity contribution in [2.75, 3.05) is 0 Å². The Labute approximate surface area is 83.6 Å². The van der Waals surface area contributed by atoms with Crippen molar-refractivity contribution in [1.82, 2.24) is 0 Å². The van der Waals surface area contributed by atoms with E-state index in [1.54, 1.807) is 6.08 Å². The molecule has 0 aromatic rings. The molecule has 0 aromatic carbocycles.